The largest absolute Gasteiger partial charge is 0.416 e. The maximum atomic E-state index is 12.8. The third kappa shape index (κ3) is 4.12. The molecule has 1 N–H and O–H groups in total. The minimum atomic E-state index is -4.49. The number of carbonyl (C=O) groups is 1. The van der Waals surface area contributed by atoms with Gasteiger partial charge in [-0.2, -0.15) is 13.2 Å². The Morgan fingerprint density at radius 3 is 2.73 bits per heavy atom. The van der Waals surface area contributed by atoms with Crippen LogP contribution in [-0.2, 0) is 17.4 Å². The number of rotatable bonds is 3. The smallest absolute Gasteiger partial charge is 0.362 e. The van der Waals surface area contributed by atoms with Crippen molar-refractivity contribution >= 4 is 28.9 Å². The average molecular weight is 383 g/mol. The summed E-state index contributed by atoms with van der Waals surface area (Å²) in [7, 11) is 0. The number of hydrogen-bond acceptors (Lipinski definition) is 2. The molecule has 1 aliphatic heterocycles. The van der Waals surface area contributed by atoms with E-state index in [4.69, 9.17) is 11.6 Å². The van der Waals surface area contributed by atoms with Crippen LogP contribution in [0, 0.1) is 6.92 Å². The first kappa shape index (κ1) is 18.6. The highest BCUT2D eigenvalue weighted by Gasteiger charge is 2.31. The minimum absolute atomic E-state index is 0.0346. The summed E-state index contributed by atoms with van der Waals surface area (Å²) < 4.78 is 38.5. The van der Waals surface area contributed by atoms with E-state index < -0.39 is 17.6 Å². The zero-order valence-corrected chi connectivity index (χ0v) is 14.9. The van der Waals surface area contributed by atoms with Gasteiger partial charge in [-0.15, -0.1) is 0 Å². The van der Waals surface area contributed by atoms with Crippen LogP contribution in [0.1, 0.15) is 23.1 Å². The molecule has 7 heteroatoms. The molecule has 0 aromatic heterocycles. The van der Waals surface area contributed by atoms with E-state index in [2.05, 4.69) is 11.4 Å². The van der Waals surface area contributed by atoms with E-state index >= 15 is 0 Å². The summed E-state index contributed by atoms with van der Waals surface area (Å²) in [4.78, 5) is 14.3. The van der Waals surface area contributed by atoms with E-state index in [1.54, 1.807) is 0 Å². The number of nitrogens with zero attached hydrogens (tertiary/aromatic N) is 1. The first-order valence-electron chi connectivity index (χ1n) is 8.25. The Bertz CT molecular complexity index is 836. The summed E-state index contributed by atoms with van der Waals surface area (Å²) in [5, 5.41) is 2.57. The van der Waals surface area contributed by atoms with Crippen molar-refractivity contribution in [2.45, 2.75) is 25.9 Å². The molecule has 3 nitrogen and oxygen atoms in total. The summed E-state index contributed by atoms with van der Waals surface area (Å²) >= 11 is 5.94. The summed E-state index contributed by atoms with van der Waals surface area (Å²) in [5.74, 6) is -0.403. The van der Waals surface area contributed by atoms with Gasteiger partial charge in [0.15, 0.2) is 0 Å². The van der Waals surface area contributed by atoms with Crippen LogP contribution in [0.5, 0.6) is 0 Å². The second kappa shape index (κ2) is 7.19. The SMILES string of the molecule is Cc1ccc2c(c1)CCCN2CC(=O)Nc1cc(C(F)(F)F)ccc1Cl. The molecule has 0 fully saturated rings. The Balaban J connectivity index is 1.75. The molecule has 3 rings (SSSR count). The molecule has 0 saturated heterocycles. The molecule has 0 aliphatic carbocycles. The van der Waals surface area contributed by atoms with Crippen molar-refractivity contribution in [3.63, 3.8) is 0 Å². The lowest BCUT2D eigenvalue weighted by molar-refractivity contribution is -0.137. The normalized spacial score (nSPS) is 14.1. The van der Waals surface area contributed by atoms with E-state index in [9.17, 15) is 18.0 Å². The van der Waals surface area contributed by atoms with Gasteiger partial charge < -0.3 is 10.2 Å². The predicted molar refractivity (Wildman–Crippen MR) is 96.8 cm³/mol. The minimum Gasteiger partial charge on any atom is -0.362 e. The van der Waals surface area contributed by atoms with E-state index in [1.165, 1.54) is 5.56 Å². The molecule has 0 spiro atoms. The second-order valence-electron chi connectivity index (χ2n) is 6.40. The number of carbonyl (C=O) groups excluding carboxylic acids is 1. The van der Waals surface area contributed by atoms with Gasteiger partial charge >= 0.3 is 6.18 Å². The standard InChI is InChI=1S/C19H18ClF3N2O/c1-12-4-7-17-13(9-12)3-2-8-25(17)11-18(26)24-16-10-14(19(21,22)23)5-6-15(16)20/h4-7,9-10H,2-3,8,11H2,1H3,(H,24,26). The number of alkyl halides is 3. The van der Waals surface area contributed by atoms with Crippen LogP contribution in [-0.4, -0.2) is 19.0 Å². The van der Waals surface area contributed by atoms with Crippen LogP contribution in [0.4, 0.5) is 24.5 Å². The van der Waals surface area contributed by atoms with Crippen molar-refractivity contribution in [1.82, 2.24) is 0 Å². The van der Waals surface area contributed by atoms with Gasteiger partial charge in [0.2, 0.25) is 5.91 Å². The summed E-state index contributed by atoms with van der Waals surface area (Å²) in [5.41, 5.74) is 2.45. The van der Waals surface area contributed by atoms with E-state index in [1.807, 2.05) is 24.0 Å². The lowest BCUT2D eigenvalue weighted by atomic mass is 9.99. The number of amides is 1. The molecule has 1 aliphatic rings. The first-order chi connectivity index (χ1) is 12.2. The average Bonchev–Trinajstić information content (AvgIpc) is 2.55. The summed E-state index contributed by atoms with van der Waals surface area (Å²) in [6.07, 6.45) is -2.61. The van der Waals surface area contributed by atoms with Gasteiger partial charge in [-0.25, -0.2) is 0 Å². The van der Waals surface area contributed by atoms with Crippen molar-refractivity contribution in [2.75, 3.05) is 23.3 Å². The number of aryl methyl sites for hydroxylation is 2. The monoisotopic (exact) mass is 382 g/mol. The van der Waals surface area contributed by atoms with Crippen LogP contribution in [0.3, 0.4) is 0 Å². The molecule has 0 saturated carbocycles. The third-order valence-corrected chi connectivity index (χ3v) is 4.68. The van der Waals surface area contributed by atoms with Crippen LogP contribution in [0.2, 0.25) is 5.02 Å². The second-order valence-corrected chi connectivity index (χ2v) is 6.81. The lowest BCUT2D eigenvalue weighted by Crippen LogP contribution is -2.36. The highest BCUT2D eigenvalue weighted by Crippen LogP contribution is 2.34. The Labute approximate surface area is 154 Å². The molecular formula is C19H18ClF3N2O. The van der Waals surface area contributed by atoms with E-state index in [0.29, 0.717) is 0 Å². The van der Waals surface area contributed by atoms with Gasteiger partial charge in [-0.05, 0) is 49.6 Å². The topological polar surface area (TPSA) is 32.3 Å². The molecule has 26 heavy (non-hydrogen) atoms. The Hall–Kier alpha value is -2.21. The van der Waals surface area contributed by atoms with Crippen molar-refractivity contribution in [3.05, 3.63) is 58.1 Å². The fraction of sp³-hybridized carbons (Fsp3) is 0.316. The fourth-order valence-corrected chi connectivity index (χ4v) is 3.29. The number of hydrogen-bond donors (Lipinski definition) is 1. The van der Waals surface area contributed by atoms with Gasteiger partial charge in [0, 0.05) is 12.2 Å². The Morgan fingerprint density at radius 1 is 1.23 bits per heavy atom. The molecule has 0 radical (unpaired) electrons. The van der Waals surface area contributed by atoms with Gasteiger partial charge in [0.25, 0.3) is 0 Å². The molecule has 1 amide bonds. The van der Waals surface area contributed by atoms with E-state index in [-0.39, 0.29) is 17.3 Å². The molecule has 0 bridgehead atoms. The number of anilines is 2. The van der Waals surface area contributed by atoms with Crippen LogP contribution < -0.4 is 10.2 Å². The first-order valence-corrected chi connectivity index (χ1v) is 8.63. The maximum Gasteiger partial charge on any atom is 0.416 e. The van der Waals surface area contributed by atoms with Crippen LogP contribution in [0.25, 0.3) is 0 Å². The highest BCUT2D eigenvalue weighted by atomic mass is 35.5. The maximum absolute atomic E-state index is 12.8. The number of halogens is 4. The van der Waals surface area contributed by atoms with Crippen molar-refractivity contribution < 1.29 is 18.0 Å². The van der Waals surface area contributed by atoms with Crippen LogP contribution >= 0.6 is 11.6 Å². The number of fused-ring (bicyclic) bond motifs is 1. The molecule has 2 aromatic carbocycles. The van der Waals surface area contributed by atoms with Crippen molar-refractivity contribution in [1.29, 1.82) is 0 Å². The third-order valence-electron chi connectivity index (χ3n) is 4.35. The van der Waals surface area contributed by atoms with Gasteiger partial charge in [-0.1, -0.05) is 29.3 Å². The zero-order chi connectivity index (χ0) is 18.9. The number of benzene rings is 2. The molecule has 1 heterocycles. The Morgan fingerprint density at radius 2 is 2.00 bits per heavy atom. The predicted octanol–water partition coefficient (Wildman–Crippen LogP) is 5.06. The van der Waals surface area contributed by atoms with Crippen LogP contribution in [0.15, 0.2) is 36.4 Å². The Kier molecular flexibility index (Phi) is 5.14. The highest BCUT2D eigenvalue weighted by molar-refractivity contribution is 6.33. The van der Waals surface area contributed by atoms with Gasteiger partial charge in [0.05, 0.1) is 22.8 Å². The molecule has 0 atom stereocenters. The molecular weight excluding hydrogens is 365 g/mol. The summed E-state index contributed by atoms with van der Waals surface area (Å²) in [6, 6.07) is 8.95. The lowest BCUT2D eigenvalue weighted by Gasteiger charge is -2.31. The molecule has 138 valence electrons. The van der Waals surface area contributed by atoms with Crippen molar-refractivity contribution in [2.24, 2.45) is 0 Å². The fourth-order valence-electron chi connectivity index (χ4n) is 3.13. The molecule has 2 aromatic rings. The van der Waals surface area contributed by atoms with E-state index in [0.717, 1.165) is 48.8 Å². The molecule has 0 unspecified atom stereocenters. The zero-order valence-electron chi connectivity index (χ0n) is 14.2. The summed E-state index contributed by atoms with van der Waals surface area (Å²) in [6.45, 7) is 2.80. The van der Waals surface area contributed by atoms with Crippen molar-refractivity contribution in [3.8, 4) is 0 Å². The number of nitrogens with one attached hydrogen (secondary N) is 1. The van der Waals surface area contributed by atoms with Gasteiger partial charge in [-0.3, -0.25) is 4.79 Å². The van der Waals surface area contributed by atoms with Gasteiger partial charge in [0.1, 0.15) is 0 Å². The quantitative estimate of drug-likeness (QED) is 0.804.